The summed E-state index contributed by atoms with van der Waals surface area (Å²) in [4.78, 5) is 0. The van der Waals surface area contributed by atoms with Gasteiger partial charge in [-0.05, 0) is 44.5 Å². The minimum Gasteiger partial charge on any atom is -0.369 e. The van der Waals surface area contributed by atoms with E-state index in [1.165, 1.54) is 6.07 Å². The van der Waals surface area contributed by atoms with Crippen molar-refractivity contribution >= 4 is 0 Å². The van der Waals surface area contributed by atoms with Gasteiger partial charge in [0.25, 0.3) is 0 Å². The third-order valence-corrected chi connectivity index (χ3v) is 3.14. The van der Waals surface area contributed by atoms with Crippen LogP contribution in [0.1, 0.15) is 25.3 Å². The minimum absolute atomic E-state index is 0.113. The normalized spacial score (nSPS) is 24.9. The zero-order chi connectivity index (χ0) is 12.3. The van der Waals surface area contributed by atoms with E-state index in [1.807, 2.05) is 6.92 Å². The van der Waals surface area contributed by atoms with E-state index in [9.17, 15) is 8.78 Å². The Morgan fingerprint density at radius 1 is 1.41 bits per heavy atom. The quantitative estimate of drug-likeness (QED) is 0.878. The molecule has 0 radical (unpaired) electrons. The van der Waals surface area contributed by atoms with Gasteiger partial charge in [-0.1, -0.05) is 0 Å². The molecule has 2 nitrogen and oxygen atoms in total. The molecule has 4 heteroatoms. The van der Waals surface area contributed by atoms with Crippen LogP contribution in [0.3, 0.4) is 0 Å². The van der Waals surface area contributed by atoms with Gasteiger partial charge in [0, 0.05) is 12.1 Å². The van der Waals surface area contributed by atoms with Crippen molar-refractivity contribution in [3.8, 4) is 0 Å². The molecular formula is C13H17F2NO. The maximum absolute atomic E-state index is 13.4. The number of halogens is 2. The smallest absolute Gasteiger partial charge is 0.128 e. The SMILES string of the molecule is CC1(OCc2cc(F)ccc2F)CCCNC1. The molecule has 1 heterocycles. The van der Waals surface area contributed by atoms with Crippen LogP contribution in [0.5, 0.6) is 0 Å². The highest BCUT2D eigenvalue weighted by Gasteiger charge is 2.27. The molecule has 1 N–H and O–H groups in total. The van der Waals surface area contributed by atoms with Crippen LogP contribution in [-0.2, 0) is 11.3 Å². The molecule has 0 aromatic heterocycles. The molecule has 1 aliphatic rings. The van der Waals surface area contributed by atoms with Crippen LogP contribution in [0.15, 0.2) is 18.2 Å². The number of piperidine rings is 1. The molecule has 1 atom stereocenters. The number of hydrogen-bond acceptors (Lipinski definition) is 2. The van der Waals surface area contributed by atoms with Crippen molar-refractivity contribution in [2.24, 2.45) is 0 Å². The Balaban J connectivity index is 1.99. The lowest BCUT2D eigenvalue weighted by molar-refractivity contribution is -0.0580. The fourth-order valence-corrected chi connectivity index (χ4v) is 2.06. The first-order valence-electron chi connectivity index (χ1n) is 5.88. The van der Waals surface area contributed by atoms with Gasteiger partial charge in [-0.3, -0.25) is 0 Å². The molecule has 1 saturated heterocycles. The molecular weight excluding hydrogens is 224 g/mol. The lowest BCUT2D eigenvalue weighted by atomic mass is 9.96. The maximum Gasteiger partial charge on any atom is 0.128 e. The summed E-state index contributed by atoms with van der Waals surface area (Å²) in [6.45, 7) is 3.86. The van der Waals surface area contributed by atoms with Crippen LogP contribution in [-0.4, -0.2) is 18.7 Å². The average Bonchev–Trinajstić information content (AvgIpc) is 2.31. The number of nitrogens with one attached hydrogen (secondary N) is 1. The van der Waals surface area contributed by atoms with E-state index in [2.05, 4.69) is 5.32 Å². The van der Waals surface area contributed by atoms with E-state index in [-0.39, 0.29) is 17.8 Å². The topological polar surface area (TPSA) is 21.3 Å². The van der Waals surface area contributed by atoms with Crippen molar-refractivity contribution in [3.05, 3.63) is 35.4 Å². The maximum atomic E-state index is 13.4. The Labute approximate surface area is 100.0 Å². The zero-order valence-corrected chi connectivity index (χ0v) is 9.93. The molecule has 17 heavy (non-hydrogen) atoms. The third kappa shape index (κ3) is 3.23. The second-order valence-electron chi connectivity index (χ2n) is 4.75. The molecule has 1 aromatic rings. The van der Waals surface area contributed by atoms with Crippen molar-refractivity contribution in [1.82, 2.24) is 5.32 Å². The second kappa shape index (κ2) is 5.10. The molecule has 1 aliphatic heterocycles. The van der Waals surface area contributed by atoms with Crippen LogP contribution >= 0.6 is 0 Å². The summed E-state index contributed by atoms with van der Waals surface area (Å²) in [5.41, 5.74) is -0.00593. The van der Waals surface area contributed by atoms with Gasteiger partial charge in [0.15, 0.2) is 0 Å². The van der Waals surface area contributed by atoms with Gasteiger partial charge >= 0.3 is 0 Å². The number of ether oxygens (including phenoxy) is 1. The molecule has 0 bridgehead atoms. The van der Waals surface area contributed by atoms with E-state index < -0.39 is 11.6 Å². The summed E-state index contributed by atoms with van der Waals surface area (Å²) in [6, 6.07) is 3.44. The van der Waals surface area contributed by atoms with Crippen molar-refractivity contribution in [3.63, 3.8) is 0 Å². The summed E-state index contributed by atoms with van der Waals surface area (Å²) in [6.07, 6.45) is 1.99. The van der Waals surface area contributed by atoms with Crippen LogP contribution in [0, 0.1) is 11.6 Å². The highest BCUT2D eigenvalue weighted by Crippen LogP contribution is 2.22. The van der Waals surface area contributed by atoms with Gasteiger partial charge in [-0.25, -0.2) is 8.78 Å². The van der Waals surface area contributed by atoms with Crippen LogP contribution < -0.4 is 5.32 Å². The standard InChI is InChI=1S/C13H17F2NO/c1-13(5-2-6-16-9-13)17-8-10-7-11(14)3-4-12(10)15/h3-4,7,16H,2,5-6,8-9H2,1H3. The van der Waals surface area contributed by atoms with E-state index in [0.717, 1.165) is 38.1 Å². The molecule has 1 fully saturated rings. The van der Waals surface area contributed by atoms with Crippen molar-refractivity contribution < 1.29 is 13.5 Å². The first-order chi connectivity index (χ1) is 8.09. The van der Waals surface area contributed by atoms with Crippen LogP contribution in [0.2, 0.25) is 0 Å². The highest BCUT2D eigenvalue weighted by molar-refractivity contribution is 5.17. The van der Waals surface area contributed by atoms with E-state index >= 15 is 0 Å². The van der Waals surface area contributed by atoms with Crippen LogP contribution in [0.25, 0.3) is 0 Å². The van der Waals surface area contributed by atoms with Crippen LogP contribution in [0.4, 0.5) is 8.78 Å². The van der Waals surface area contributed by atoms with Gasteiger partial charge in [0.1, 0.15) is 11.6 Å². The third-order valence-electron chi connectivity index (χ3n) is 3.14. The predicted molar refractivity (Wildman–Crippen MR) is 61.7 cm³/mol. The summed E-state index contributed by atoms with van der Waals surface area (Å²) in [5, 5.41) is 3.24. The molecule has 94 valence electrons. The van der Waals surface area contributed by atoms with Crippen molar-refractivity contribution in [1.29, 1.82) is 0 Å². The summed E-state index contributed by atoms with van der Waals surface area (Å²) < 4.78 is 32.1. The molecule has 0 saturated carbocycles. The first-order valence-corrected chi connectivity index (χ1v) is 5.88. The van der Waals surface area contributed by atoms with Gasteiger partial charge < -0.3 is 10.1 Å². The molecule has 1 aromatic carbocycles. The Hall–Kier alpha value is -1.00. The minimum atomic E-state index is -0.433. The molecule has 2 rings (SSSR count). The number of rotatable bonds is 3. The average molecular weight is 241 g/mol. The summed E-state index contributed by atoms with van der Waals surface area (Å²) >= 11 is 0. The summed E-state index contributed by atoms with van der Waals surface area (Å²) in [5.74, 6) is -0.851. The van der Waals surface area contributed by atoms with Gasteiger partial charge in [-0.2, -0.15) is 0 Å². The fourth-order valence-electron chi connectivity index (χ4n) is 2.06. The van der Waals surface area contributed by atoms with Gasteiger partial charge in [-0.15, -0.1) is 0 Å². The Morgan fingerprint density at radius 2 is 2.24 bits per heavy atom. The Morgan fingerprint density at radius 3 is 2.94 bits per heavy atom. The number of hydrogen-bond donors (Lipinski definition) is 1. The monoisotopic (exact) mass is 241 g/mol. The molecule has 0 aliphatic carbocycles. The van der Waals surface area contributed by atoms with Gasteiger partial charge in [0.05, 0.1) is 12.2 Å². The lowest BCUT2D eigenvalue weighted by Gasteiger charge is -2.34. The highest BCUT2D eigenvalue weighted by atomic mass is 19.1. The molecule has 1 unspecified atom stereocenters. The predicted octanol–water partition coefficient (Wildman–Crippen LogP) is 2.62. The van der Waals surface area contributed by atoms with E-state index in [0.29, 0.717) is 0 Å². The second-order valence-corrected chi connectivity index (χ2v) is 4.75. The Kier molecular flexibility index (Phi) is 3.74. The largest absolute Gasteiger partial charge is 0.369 e. The number of benzene rings is 1. The van der Waals surface area contributed by atoms with Gasteiger partial charge in [0.2, 0.25) is 0 Å². The van der Waals surface area contributed by atoms with E-state index in [4.69, 9.17) is 4.74 Å². The Bertz CT molecular complexity index is 389. The van der Waals surface area contributed by atoms with Crippen molar-refractivity contribution in [2.45, 2.75) is 32.0 Å². The molecule has 0 spiro atoms. The van der Waals surface area contributed by atoms with Crippen molar-refractivity contribution in [2.75, 3.05) is 13.1 Å². The first kappa shape index (κ1) is 12.5. The lowest BCUT2D eigenvalue weighted by Crippen LogP contribution is -2.45. The molecule has 0 amide bonds. The van der Waals surface area contributed by atoms with E-state index in [1.54, 1.807) is 0 Å². The summed E-state index contributed by atoms with van der Waals surface area (Å²) in [7, 11) is 0. The zero-order valence-electron chi connectivity index (χ0n) is 9.93. The fraction of sp³-hybridized carbons (Fsp3) is 0.538.